The fraction of sp³-hybridized carbons (Fsp3) is 0.267. The summed E-state index contributed by atoms with van der Waals surface area (Å²) in [5.41, 5.74) is 0.824. The predicted molar refractivity (Wildman–Crippen MR) is 93.0 cm³/mol. The first kappa shape index (κ1) is 18.7. The number of hydrogen-bond donors (Lipinski definition) is 1. The van der Waals surface area contributed by atoms with Crippen molar-refractivity contribution in [1.29, 1.82) is 0 Å². The van der Waals surface area contributed by atoms with E-state index in [1.165, 1.54) is 23.3 Å². The number of carboxylic acids is 1. The van der Waals surface area contributed by atoms with Gasteiger partial charge in [0.25, 0.3) is 5.91 Å². The Morgan fingerprint density at radius 2 is 2.12 bits per heavy atom. The van der Waals surface area contributed by atoms with E-state index >= 15 is 0 Å². The molecule has 0 bridgehead atoms. The zero-order valence-corrected chi connectivity index (χ0v) is 15.0. The van der Waals surface area contributed by atoms with E-state index in [2.05, 4.69) is 4.98 Å². The highest BCUT2D eigenvalue weighted by atomic mass is 35.5. The van der Waals surface area contributed by atoms with Crippen LogP contribution in [-0.2, 0) is 9.53 Å². The molecule has 1 amide bonds. The zero-order valence-electron chi connectivity index (χ0n) is 12.7. The van der Waals surface area contributed by atoms with Crippen molar-refractivity contribution in [2.24, 2.45) is 0 Å². The van der Waals surface area contributed by atoms with Crippen LogP contribution in [0.3, 0.4) is 0 Å². The van der Waals surface area contributed by atoms with Crippen molar-refractivity contribution in [1.82, 2.24) is 9.88 Å². The molecule has 6 nitrogen and oxygen atoms in total. The Morgan fingerprint density at radius 1 is 1.38 bits per heavy atom. The molecular weight excluding hydrogens is 375 g/mol. The van der Waals surface area contributed by atoms with Gasteiger partial charge >= 0.3 is 5.97 Å². The quantitative estimate of drug-likeness (QED) is 0.786. The molecule has 9 heteroatoms. The van der Waals surface area contributed by atoms with Crippen LogP contribution >= 0.6 is 34.5 Å². The van der Waals surface area contributed by atoms with Crippen LogP contribution in [0.4, 0.5) is 0 Å². The van der Waals surface area contributed by atoms with E-state index < -0.39 is 18.4 Å². The second kappa shape index (κ2) is 8.43. The highest BCUT2D eigenvalue weighted by Gasteiger charge is 2.21. The van der Waals surface area contributed by atoms with Crippen LogP contribution in [-0.4, -0.2) is 53.7 Å². The lowest BCUT2D eigenvalue weighted by Crippen LogP contribution is -2.38. The molecule has 0 saturated carbocycles. The number of aromatic nitrogens is 1. The lowest BCUT2D eigenvalue weighted by molar-refractivity contribution is -0.137. The number of rotatable bonds is 7. The van der Waals surface area contributed by atoms with Crippen LogP contribution in [0.5, 0.6) is 0 Å². The van der Waals surface area contributed by atoms with Gasteiger partial charge < -0.3 is 14.7 Å². The van der Waals surface area contributed by atoms with E-state index in [0.29, 0.717) is 20.6 Å². The van der Waals surface area contributed by atoms with E-state index in [4.69, 9.17) is 33.0 Å². The van der Waals surface area contributed by atoms with Crippen molar-refractivity contribution in [3.63, 3.8) is 0 Å². The van der Waals surface area contributed by atoms with Crippen molar-refractivity contribution in [3.05, 3.63) is 39.3 Å². The normalized spacial score (nSPS) is 10.6. The van der Waals surface area contributed by atoms with Gasteiger partial charge in [0.05, 0.1) is 11.6 Å². The number of carboxylic acid groups (broad SMARTS) is 1. The number of nitrogens with zero attached hydrogens (tertiary/aromatic N) is 2. The van der Waals surface area contributed by atoms with Crippen molar-refractivity contribution in [3.8, 4) is 10.6 Å². The van der Waals surface area contributed by atoms with Crippen molar-refractivity contribution >= 4 is 46.4 Å². The molecule has 0 saturated heterocycles. The molecule has 0 aliphatic heterocycles. The van der Waals surface area contributed by atoms with Gasteiger partial charge in [0, 0.05) is 29.6 Å². The molecule has 1 aromatic carbocycles. The molecule has 0 fully saturated rings. The number of halogens is 2. The van der Waals surface area contributed by atoms with Gasteiger partial charge in [-0.1, -0.05) is 23.2 Å². The average molecular weight is 389 g/mol. The third-order valence-corrected chi connectivity index (χ3v) is 4.49. The Bertz CT molecular complexity index is 751. The van der Waals surface area contributed by atoms with E-state index in [0.717, 1.165) is 0 Å². The van der Waals surface area contributed by atoms with E-state index in [9.17, 15) is 9.59 Å². The molecule has 0 aliphatic carbocycles. The van der Waals surface area contributed by atoms with Crippen LogP contribution in [0.2, 0.25) is 10.0 Å². The zero-order chi connectivity index (χ0) is 17.7. The third-order valence-electron chi connectivity index (χ3n) is 3.06. The summed E-state index contributed by atoms with van der Waals surface area (Å²) in [6.45, 7) is -0.0218. The molecule has 24 heavy (non-hydrogen) atoms. The molecule has 0 spiro atoms. The number of ether oxygens (including phenoxy) is 1. The van der Waals surface area contributed by atoms with Gasteiger partial charge in [0.2, 0.25) is 0 Å². The lowest BCUT2D eigenvalue weighted by atomic mass is 10.2. The topological polar surface area (TPSA) is 79.7 Å². The molecule has 2 rings (SSSR count). The highest BCUT2D eigenvalue weighted by Crippen LogP contribution is 2.32. The van der Waals surface area contributed by atoms with Gasteiger partial charge in [0.15, 0.2) is 0 Å². The van der Waals surface area contributed by atoms with Crippen LogP contribution in [0.15, 0.2) is 23.6 Å². The van der Waals surface area contributed by atoms with Gasteiger partial charge in [-0.05, 0) is 18.2 Å². The Labute approximate surface area is 152 Å². The second-order valence-corrected chi connectivity index (χ2v) is 6.48. The average Bonchev–Trinajstić information content (AvgIpc) is 3.00. The Kier molecular flexibility index (Phi) is 6.56. The summed E-state index contributed by atoms with van der Waals surface area (Å²) in [4.78, 5) is 28.8. The van der Waals surface area contributed by atoms with Gasteiger partial charge in [-0.2, -0.15) is 0 Å². The van der Waals surface area contributed by atoms with Crippen molar-refractivity contribution < 1.29 is 19.4 Å². The molecule has 1 aromatic heterocycles. The largest absolute Gasteiger partial charge is 0.480 e. The number of amides is 1. The SMILES string of the molecule is COCCN(CC(=O)O)C(=O)c1csc(-c2ccc(Cl)cc2Cl)n1. The summed E-state index contributed by atoms with van der Waals surface area (Å²) in [7, 11) is 1.48. The Balaban J connectivity index is 2.23. The monoisotopic (exact) mass is 388 g/mol. The molecule has 2 aromatic rings. The smallest absolute Gasteiger partial charge is 0.323 e. The highest BCUT2D eigenvalue weighted by molar-refractivity contribution is 7.13. The number of hydrogen-bond acceptors (Lipinski definition) is 5. The fourth-order valence-corrected chi connectivity index (χ4v) is 3.32. The minimum atomic E-state index is -1.10. The number of thiazole rings is 1. The first-order valence-electron chi connectivity index (χ1n) is 6.83. The summed E-state index contributed by atoms with van der Waals surface area (Å²) < 4.78 is 4.91. The maximum atomic E-state index is 12.5. The summed E-state index contributed by atoms with van der Waals surface area (Å²) >= 11 is 13.3. The van der Waals surface area contributed by atoms with Gasteiger partial charge in [-0.15, -0.1) is 11.3 Å². The van der Waals surface area contributed by atoms with Crippen LogP contribution in [0.25, 0.3) is 10.6 Å². The molecule has 0 unspecified atom stereocenters. The molecule has 0 atom stereocenters. The van der Waals surface area contributed by atoms with E-state index in [1.807, 2.05) is 0 Å². The number of benzene rings is 1. The number of carbonyl (C=O) groups is 2. The van der Waals surface area contributed by atoms with E-state index in [-0.39, 0.29) is 18.8 Å². The summed E-state index contributed by atoms with van der Waals surface area (Å²) in [6.07, 6.45) is 0. The summed E-state index contributed by atoms with van der Waals surface area (Å²) in [6, 6.07) is 5.00. The maximum absolute atomic E-state index is 12.5. The molecule has 1 N–H and O–H groups in total. The van der Waals surface area contributed by atoms with Crippen LogP contribution in [0, 0.1) is 0 Å². The molecule has 128 valence electrons. The third kappa shape index (κ3) is 4.67. The standard InChI is InChI=1S/C15H14Cl2N2O4S/c1-23-5-4-19(7-13(20)21)15(22)12-8-24-14(18-12)10-3-2-9(16)6-11(10)17/h2-3,6,8H,4-5,7H2,1H3,(H,20,21). The molecule has 1 heterocycles. The van der Waals surface area contributed by atoms with Crippen LogP contribution in [0.1, 0.15) is 10.5 Å². The van der Waals surface area contributed by atoms with Crippen molar-refractivity contribution in [2.75, 3.05) is 26.8 Å². The summed E-state index contributed by atoms with van der Waals surface area (Å²) in [5, 5.41) is 12.0. The minimum absolute atomic E-state index is 0.163. The lowest BCUT2D eigenvalue weighted by Gasteiger charge is -2.18. The maximum Gasteiger partial charge on any atom is 0.323 e. The van der Waals surface area contributed by atoms with Crippen molar-refractivity contribution in [2.45, 2.75) is 0 Å². The van der Waals surface area contributed by atoms with Gasteiger partial charge in [-0.25, -0.2) is 4.98 Å². The van der Waals surface area contributed by atoms with Gasteiger partial charge in [0.1, 0.15) is 17.2 Å². The van der Waals surface area contributed by atoms with E-state index in [1.54, 1.807) is 23.6 Å². The molecule has 0 aliphatic rings. The Morgan fingerprint density at radius 3 is 2.75 bits per heavy atom. The number of methoxy groups -OCH3 is 1. The fourth-order valence-electron chi connectivity index (χ4n) is 1.94. The van der Waals surface area contributed by atoms with Gasteiger partial charge in [-0.3, -0.25) is 9.59 Å². The Hall–Kier alpha value is -1.67. The molecular formula is C15H14Cl2N2O4S. The minimum Gasteiger partial charge on any atom is -0.480 e. The molecule has 0 radical (unpaired) electrons. The summed E-state index contributed by atoms with van der Waals surface area (Å²) in [5.74, 6) is -1.57. The predicted octanol–water partition coefficient (Wildman–Crippen LogP) is 3.29. The first-order valence-corrected chi connectivity index (χ1v) is 8.47. The number of carbonyl (C=O) groups excluding carboxylic acids is 1. The first-order chi connectivity index (χ1) is 11.4. The van der Waals surface area contributed by atoms with Crippen LogP contribution < -0.4 is 0 Å². The second-order valence-electron chi connectivity index (χ2n) is 4.78. The number of aliphatic carboxylic acids is 1.